The van der Waals surface area contributed by atoms with Crippen LogP contribution in [0, 0.1) is 18.6 Å². The zero-order valence-corrected chi connectivity index (χ0v) is 15.4. The maximum Gasteiger partial charge on any atom is 0.240 e. The molecule has 0 aliphatic rings. The highest BCUT2D eigenvalue weighted by Crippen LogP contribution is 2.22. The van der Waals surface area contributed by atoms with Crippen molar-refractivity contribution in [3.63, 3.8) is 0 Å². The number of aryl methyl sites for hydroxylation is 1. The van der Waals surface area contributed by atoms with Crippen LogP contribution in [-0.4, -0.2) is 25.2 Å². The highest BCUT2D eigenvalue weighted by Gasteiger charge is 2.18. The molecule has 3 rings (SSSR count). The molecule has 0 fully saturated rings. The minimum atomic E-state index is -0.698. The fourth-order valence-electron chi connectivity index (χ4n) is 3.06. The highest BCUT2D eigenvalue weighted by molar-refractivity contribution is 5.76. The quantitative estimate of drug-likeness (QED) is 0.722. The smallest absolute Gasteiger partial charge is 0.240 e. The lowest BCUT2D eigenvalue weighted by molar-refractivity contribution is -0.122. The minimum absolute atomic E-state index is 0.157. The van der Waals surface area contributed by atoms with E-state index in [-0.39, 0.29) is 24.2 Å². The van der Waals surface area contributed by atoms with Crippen LogP contribution in [0.1, 0.15) is 37.0 Å². The number of hydrogen-bond donors (Lipinski definition) is 1. The summed E-state index contributed by atoms with van der Waals surface area (Å²) in [7, 11) is 0. The number of nitrogens with one attached hydrogen (secondary N) is 1. The Hall–Kier alpha value is -3.03. The molecule has 0 saturated heterocycles. The minimum Gasteiger partial charge on any atom is -0.348 e. The van der Waals surface area contributed by atoms with Crippen LogP contribution in [0.2, 0.25) is 0 Å². The number of imidazole rings is 1. The van der Waals surface area contributed by atoms with E-state index >= 15 is 0 Å². The van der Waals surface area contributed by atoms with Crippen molar-refractivity contribution in [1.82, 2.24) is 24.6 Å². The van der Waals surface area contributed by atoms with Gasteiger partial charge in [-0.25, -0.2) is 18.4 Å². The van der Waals surface area contributed by atoms with E-state index in [1.54, 1.807) is 30.1 Å². The van der Waals surface area contributed by atoms with E-state index in [9.17, 15) is 13.6 Å². The van der Waals surface area contributed by atoms with Crippen molar-refractivity contribution in [1.29, 1.82) is 0 Å². The first-order chi connectivity index (χ1) is 12.9. The second-order valence-electron chi connectivity index (χ2n) is 6.31. The van der Waals surface area contributed by atoms with Gasteiger partial charge in [0.25, 0.3) is 0 Å². The molecule has 142 valence electrons. The van der Waals surface area contributed by atoms with Gasteiger partial charge in [-0.05, 0) is 26.0 Å². The van der Waals surface area contributed by atoms with Gasteiger partial charge in [0.05, 0.1) is 12.2 Å². The van der Waals surface area contributed by atoms with E-state index in [0.717, 1.165) is 23.9 Å². The second-order valence-corrected chi connectivity index (χ2v) is 6.31. The SMILES string of the molecule is CCc1nccn1CC(=O)N[C@H](C)c1cnn(-c2ccc(F)cc2F)c1C. The van der Waals surface area contributed by atoms with E-state index < -0.39 is 11.6 Å². The Morgan fingerprint density at radius 1 is 1.33 bits per heavy atom. The Morgan fingerprint density at radius 2 is 2.11 bits per heavy atom. The third kappa shape index (κ3) is 3.89. The molecule has 0 unspecified atom stereocenters. The van der Waals surface area contributed by atoms with Crippen LogP contribution in [0.4, 0.5) is 8.78 Å². The first-order valence-electron chi connectivity index (χ1n) is 8.70. The van der Waals surface area contributed by atoms with Crippen molar-refractivity contribution in [2.24, 2.45) is 0 Å². The fraction of sp³-hybridized carbons (Fsp3) is 0.316. The molecule has 0 radical (unpaired) electrons. The highest BCUT2D eigenvalue weighted by atomic mass is 19.1. The molecule has 2 aromatic heterocycles. The summed E-state index contributed by atoms with van der Waals surface area (Å²) >= 11 is 0. The Morgan fingerprint density at radius 3 is 2.81 bits per heavy atom. The largest absolute Gasteiger partial charge is 0.348 e. The summed E-state index contributed by atoms with van der Waals surface area (Å²) in [5.74, 6) is -0.659. The molecular weight excluding hydrogens is 352 g/mol. The van der Waals surface area contributed by atoms with Crippen LogP contribution in [-0.2, 0) is 17.8 Å². The topological polar surface area (TPSA) is 64.7 Å². The summed E-state index contributed by atoms with van der Waals surface area (Å²) in [6.07, 6.45) is 5.76. The van der Waals surface area contributed by atoms with Crippen molar-refractivity contribution >= 4 is 5.91 Å². The first kappa shape index (κ1) is 18.8. The number of halogens is 2. The number of rotatable bonds is 6. The average molecular weight is 373 g/mol. The normalized spacial score (nSPS) is 12.2. The van der Waals surface area contributed by atoms with Gasteiger partial charge >= 0.3 is 0 Å². The molecule has 1 atom stereocenters. The van der Waals surface area contributed by atoms with E-state index in [1.807, 2.05) is 13.8 Å². The lowest BCUT2D eigenvalue weighted by atomic mass is 10.1. The molecular formula is C19H21F2N5O. The van der Waals surface area contributed by atoms with Gasteiger partial charge in [0.15, 0.2) is 5.82 Å². The van der Waals surface area contributed by atoms with Crippen molar-refractivity contribution in [3.05, 3.63) is 65.5 Å². The van der Waals surface area contributed by atoms with E-state index in [4.69, 9.17) is 0 Å². The van der Waals surface area contributed by atoms with Crippen molar-refractivity contribution in [2.45, 2.75) is 39.8 Å². The van der Waals surface area contributed by atoms with Gasteiger partial charge in [-0.2, -0.15) is 5.10 Å². The van der Waals surface area contributed by atoms with Gasteiger partial charge < -0.3 is 9.88 Å². The lowest BCUT2D eigenvalue weighted by Crippen LogP contribution is -2.30. The van der Waals surface area contributed by atoms with Gasteiger partial charge in [-0.15, -0.1) is 0 Å². The Balaban J connectivity index is 1.75. The second kappa shape index (κ2) is 7.69. The van der Waals surface area contributed by atoms with Crippen LogP contribution < -0.4 is 5.32 Å². The van der Waals surface area contributed by atoms with Crippen molar-refractivity contribution in [2.75, 3.05) is 0 Å². The van der Waals surface area contributed by atoms with Crippen molar-refractivity contribution < 1.29 is 13.6 Å². The zero-order chi connectivity index (χ0) is 19.6. The van der Waals surface area contributed by atoms with Gasteiger partial charge in [0, 0.05) is 36.1 Å². The number of aromatic nitrogens is 4. The summed E-state index contributed by atoms with van der Waals surface area (Å²) in [6.45, 7) is 5.76. The van der Waals surface area contributed by atoms with Crippen LogP contribution >= 0.6 is 0 Å². The van der Waals surface area contributed by atoms with Crippen LogP contribution in [0.25, 0.3) is 5.69 Å². The lowest BCUT2D eigenvalue weighted by Gasteiger charge is -2.15. The number of nitrogens with zero attached hydrogens (tertiary/aromatic N) is 4. The van der Waals surface area contributed by atoms with Gasteiger partial charge in [-0.3, -0.25) is 4.79 Å². The summed E-state index contributed by atoms with van der Waals surface area (Å²) in [5, 5.41) is 7.12. The number of hydrogen-bond acceptors (Lipinski definition) is 3. The Kier molecular flexibility index (Phi) is 5.34. The van der Waals surface area contributed by atoms with Crippen molar-refractivity contribution in [3.8, 4) is 5.69 Å². The van der Waals surface area contributed by atoms with Gasteiger partial charge in [0.2, 0.25) is 5.91 Å². The predicted octanol–water partition coefficient (Wildman–Crippen LogP) is 3.10. The molecule has 27 heavy (non-hydrogen) atoms. The summed E-state index contributed by atoms with van der Waals surface area (Å²) in [4.78, 5) is 16.6. The third-order valence-corrected chi connectivity index (χ3v) is 4.46. The first-order valence-corrected chi connectivity index (χ1v) is 8.70. The zero-order valence-electron chi connectivity index (χ0n) is 15.4. The van der Waals surface area contributed by atoms with Gasteiger partial charge in [-0.1, -0.05) is 6.92 Å². The predicted molar refractivity (Wildman–Crippen MR) is 96.4 cm³/mol. The van der Waals surface area contributed by atoms with Crippen LogP contribution in [0.15, 0.2) is 36.8 Å². The molecule has 0 aliphatic heterocycles. The summed E-state index contributed by atoms with van der Waals surface area (Å²) in [6, 6.07) is 3.02. The van der Waals surface area contributed by atoms with Gasteiger partial charge in [0.1, 0.15) is 23.9 Å². The number of benzene rings is 1. The molecule has 8 heteroatoms. The molecule has 0 spiro atoms. The number of carbonyl (C=O) groups is 1. The number of carbonyl (C=O) groups excluding carboxylic acids is 1. The average Bonchev–Trinajstić information content (AvgIpc) is 3.21. The van der Waals surface area contributed by atoms with Crippen LogP contribution in [0.5, 0.6) is 0 Å². The fourth-order valence-corrected chi connectivity index (χ4v) is 3.06. The molecule has 1 aromatic carbocycles. The van der Waals surface area contributed by atoms with E-state index in [1.165, 1.54) is 16.8 Å². The van der Waals surface area contributed by atoms with E-state index in [2.05, 4.69) is 15.4 Å². The van der Waals surface area contributed by atoms with E-state index in [0.29, 0.717) is 5.69 Å². The standard InChI is InChI=1S/C19H21F2N5O/c1-4-18-22-7-8-25(18)11-19(27)24-12(2)15-10-23-26(13(15)3)17-6-5-14(20)9-16(17)21/h5-10,12H,4,11H2,1-3H3,(H,24,27)/t12-/m1/s1. The molecule has 6 nitrogen and oxygen atoms in total. The summed E-state index contributed by atoms with van der Waals surface area (Å²) in [5.41, 5.74) is 1.59. The Bertz CT molecular complexity index is 963. The molecule has 3 aromatic rings. The summed E-state index contributed by atoms with van der Waals surface area (Å²) < 4.78 is 30.4. The van der Waals surface area contributed by atoms with Crippen LogP contribution in [0.3, 0.4) is 0 Å². The molecule has 0 bridgehead atoms. The molecule has 1 amide bonds. The maximum absolute atomic E-state index is 14.0. The Labute approximate surface area is 155 Å². The molecule has 1 N–H and O–H groups in total. The maximum atomic E-state index is 14.0. The third-order valence-electron chi connectivity index (χ3n) is 4.46. The number of amides is 1. The molecule has 0 aliphatic carbocycles. The molecule has 0 saturated carbocycles. The monoisotopic (exact) mass is 373 g/mol. The molecule has 2 heterocycles.